The van der Waals surface area contributed by atoms with Crippen molar-refractivity contribution in [3.63, 3.8) is 0 Å². The van der Waals surface area contributed by atoms with E-state index >= 15 is 0 Å². The Labute approximate surface area is 148 Å². The van der Waals surface area contributed by atoms with Crippen LogP contribution in [0.2, 0.25) is 0 Å². The van der Waals surface area contributed by atoms with Gasteiger partial charge in [-0.25, -0.2) is 0 Å². The van der Waals surface area contributed by atoms with E-state index in [0.717, 1.165) is 30.6 Å². The monoisotopic (exact) mass is 328 g/mol. The second-order valence-electron chi connectivity index (χ2n) is 10.5. The van der Waals surface area contributed by atoms with Crippen molar-refractivity contribution in [2.75, 3.05) is 0 Å². The van der Waals surface area contributed by atoms with Gasteiger partial charge in [0, 0.05) is 0 Å². The minimum absolute atomic E-state index is 0.355. The van der Waals surface area contributed by atoms with Crippen molar-refractivity contribution in [1.82, 2.24) is 0 Å². The van der Waals surface area contributed by atoms with Crippen molar-refractivity contribution in [2.24, 2.45) is 34.5 Å². The van der Waals surface area contributed by atoms with Crippen LogP contribution in [0.5, 0.6) is 0 Å². The second-order valence-corrected chi connectivity index (χ2v) is 10.5. The molecule has 0 bridgehead atoms. The van der Waals surface area contributed by atoms with Gasteiger partial charge < -0.3 is 5.11 Å². The zero-order valence-electron chi connectivity index (χ0n) is 16.2. The first-order chi connectivity index (χ1) is 11.2. The summed E-state index contributed by atoms with van der Waals surface area (Å²) in [7, 11) is 0. The minimum atomic E-state index is -0.431. The van der Waals surface area contributed by atoms with Crippen LogP contribution in [0.4, 0.5) is 0 Å². The summed E-state index contributed by atoms with van der Waals surface area (Å²) < 4.78 is 0. The van der Waals surface area contributed by atoms with E-state index < -0.39 is 5.60 Å². The SMILES string of the molecule is C=C(C)[C@H]1CC[C@H]2[C@@H]3CC[C@H]4C[C@@](C)(O)CC[C@]4(C)C3=CC[C@]12C. The summed E-state index contributed by atoms with van der Waals surface area (Å²) in [5.74, 6) is 3.07. The molecule has 0 aromatic heterocycles. The molecule has 0 aromatic carbocycles. The molecule has 3 saturated carbocycles. The van der Waals surface area contributed by atoms with E-state index in [9.17, 15) is 5.11 Å². The van der Waals surface area contributed by atoms with Gasteiger partial charge in [0.2, 0.25) is 0 Å². The maximum atomic E-state index is 10.6. The molecule has 4 aliphatic carbocycles. The van der Waals surface area contributed by atoms with Crippen LogP contribution < -0.4 is 0 Å². The Morgan fingerprint density at radius 1 is 1.12 bits per heavy atom. The average Bonchev–Trinajstić information content (AvgIpc) is 2.85. The van der Waals surface area contributed by atoms with Crippen LogP contribution in [0.1, 0.15) is 79.1 Å². The highest BCUT2D eigenvalue weighted by molar-refractivity contribution is 5.30. The highest BCUT2D eigenvalue weighted by Gasteiger charge is 2.57. The third kappa shape index (κ3) is 2.23. The van der Waals surface area contributed by atoms with Gasteiger partial charge in [-0.1, -0.05) is 37.6 Å². The molecule has 0 saturated heterocycles. The Bertz CT molecular complexity index is 585. The van der Waals surface area contributed by atoms with Gasteiger partial charge in [-0.05, 0) is 99.7 Å². The maximum Gasteiger partial charge on any atom is 0.0623 e. The van der Waals surface area contributed by atoms with Gasteiger partial charge in [-0.3, -0.25) is 0 Å². The van der Waals surface area contributed by atoms with Crippen LogP contribution >= 0.6 is 0 Å². The Hall–Kier alpha value is -0.560. The molecule has 0 spiro atoms. The number of hydrogen-bond donors (Lipinski definition) is 1. The molecule has 4 rings (SSSR count). The van der Waals surface area contributed by atoms with Crippen LogP contribution in [0.3, 0.4) is 0 Å². The van der Waals surface area contributed by atoms with Gasteiger partial charge in [0.25, 0.3) is 0 Å². The Kier molecular flexibility index (Phi) is 3.67. The molecule has 1 heteroatoms. The quantitative estimate of drug-likeness (QED) is 0.595. The van der Waals surface area contributed by atoms with Crippen molar-refractivity contribution in [1.29, 1.82) is 0 Å². The summed E-state index contributed by atoms with van der Waals surface area (Å²) in [5.41, 5.74) is 3.57. The first-order valence-electron chi connectivity index (χ1n) is 10.3. The predicted molar refractivity (Wildman–Crippen MR) is 101 cm³/mol. The van der Waals surface area contributed by atoms with Gasteiger partial charge in [0.1, 0.15) is 0 Å². The molecule has 3 fully saturated rings. The predicted octanol–water partition coefficient (Wildman–Crippen LogP) is 5.89. The highest BCUT2D eigenvalue weighted by Crippen LogP contribution is 2.66. The molecule has 1 N–H and O–H groups in total. The summed E-state index contributed by atoms with van der Waals surface area (Å²) in [5, 5.41) is 10.6. The third-order valence-electron chi connectivity index (χ3n) is 8.91. The molecule has 0 aromatic rings. The highest BCUT2D eigenvalue weighted by atomic mass is 16.3. The molecule has 0 radical (unpaired) electrons. The van der Waals surface area contributed by atoms with Crippen LogP contribution in [0.15, 0.2) is 23.8 Å². The molecule has 4 aliphatic rings. The normalized spacial score (nSPS) is 53.6. The fourth-order valence-corrected chi connectivity index (χ4v) is 7.51. The second kappa shape index (κ2) is 5.22. The van der Waals surface area contributed by atoms with Crippen molar-refractivity contribution in [2.45, 2.75) is 84.7 Å². The van der Waals surface area contributed by atoms with Gasteiger partial charge in [-0.2, -0.15) is 0 Å². The molecular weight excluding hydrogens is 292 g/mol. The first-order valence-corrected chi connectivity index (χ1v) is 10.3. The topological polar surface area (TPSA) is 20.2 Å². The first kappa shape index (κ1) is 16.9. The number of rotatable bonds is 1. The minimum Gasteiger partial charge on any atom is -0.390 e. The summed E-state index contributed by atoms with van der Waals surface area (Å²) in [6.07, 6.45) is 12.5. The van der Waals surface area contributed by atoms with E-state index in [2.05, 4.69) is 40.3 Å². The zero-order chi connectivity index (χ0) is 17.3. The van der Waals surface area contributed by atoms with Crippen molar-refractivity contribution >= 4 is 0 Å². The number of hydrogen-bond acceptors (Lipinski definition) is 1. The van der Waals surface area contributed by atoms with Gasteiger partial charge in [0.15, 0.2) is 0 Å². The molecule has 0 aliphatic heterocycles. The lowest BCUT2D eigenvalue weighted by Gasteiger charge is -2.58. The van der Waals surface area contributed by atoms with Crippen molar-refractivity contribution < 1.29 is 5.11 Å². The average molecular weight is 329 g/mol. The third-order valence-corrected chi connectivity index (χ3v) is 8.91. The molecule has 0 heterocycles. The molecule has 134 valence electrons. The molecule has 1 nitrogen and oxygen atoms in total. The van der Waals surface area contributed by atoms with E-state index in [1.807, 2.05) is 0 Å². The van der Waals surface area contributed by atoms with E-state index in [1.54, 1.807) is 5.57 Å². The number of fused-ring (bicyclic) bond motifs is 5. The molecule has 7 atom stereocenters. The lowest BCUT2D eigenvalue weighted by molar-refractivity contribution is -0.0632. The maximum absolute atomic E-state index is 10.6. The fourth-order valence-electron chi connectivity index (χ4n) is 7.51. The molecular formula is C23H36O. The van der Waals surface area contributed by atoms with Crippen LogP contribution in [-0.2, 0) is 0 Å². The number of allylic oxidation sites excluding steroid dienone is 3. The number of aliphatic hydroxyl groups is 1. The van der Waals surface area contributed by atoms with Crippen molar-refractivity contribution in [3.05, 3.63) is 23.8 Å². The zero-order valence-corrected chi connectivity index (χ0v) is 16.2. The Morgan fingerprint density at radius 2 is 1.88 bits per heavy atom. The van der Waals surface area contributed by atoms with E-state index in [-0.39, 0.29) is 0 Å². The summed E-state index contributed by atoms with van der Waals surface area (Å²) in [6.45, 7) is 13.7. The van der Waals surface area contributed by atoms with Crippen LogP contribution in [-0.4, -0.2) is 10.7 Å². The van der Waals surface area contributed by atoms with Gasteiger partial charge >= 0.3 is 0 Å². The largest absolute Gasteiger partial charge is 0.390 e. The molecule has 0 unspecified atom stereocenters. The van der Waals surface area contributed by atoms with E-state index in [0.29, 0.717) is 16.7 Å². The Balaban J connectivity index is 1.68. The summed E-state index contributed by atoms with van der Waals surface area (Å²) in [6, 6.07) is 0. The lowest BCUT2D eigenvalue weighted by Crippen LogP contribution is -2.50. The standard InChI is InChI=1S/C23H36O/c1-15(2)18-8-9-19-17-7-6-16-14-21(3,24)12-13-22(16,4)20(17)10-11-23(18,19)5/h10,16-19,24H,1,6-9,11-14H2,2-5H3/t16-,17-,18+,19-,21-,22-,23+/m0/s1. The van der Waals surface area contributed by atoms with Gasteiger partial charge in [0.05, 0.1) is 5.60 Å². The summed E-state index contributed by atoms with van der Waals surface area (Å²) in [4.78, 5) is 0. The Morgan fingerprint density at radius 3 is 2.58 bits per heavy atom. The van der Waals surface area contributed by atoms with Crippen LogP contribution in [0.25, 0.3) is 0 Å². The molecule has 0 amide bonds. The summed E-state index contributed by atoms with van der Waals surface area (Å²) >= 11 is 0. The van der Waals surface area contributed by atoms with E-state index in [4.69, 9.17) is 0 Å². The van der Waals surface area contributed by atoms with Crippen molar-refractivity contribution in [3.8, 4) is 0 Å². The smallest absolute Gasteiger partial charge is 0.0623 e. The molecule has 24 heavy (non-hydrogen) atoms. The lowest BCUT2D eigenvalue weighted by atomic mass is 9.47. The van der Waals surface area contributed by atoms with Gasteiger partial charge in [-0.15, -0.1) is 0 Å². The van der Waals surface area contributed by atoms with Crippen LogP contribution in [0, 0.1) is 34.5 Å². The van der Waals surface area contributed by atoms with E-state index in [1.165, 1.54) is 44.1 Å². The fraction of sp³-hybridized carbons (Fsp3) is 0.826.